The molecule has 0 fully saturated rings. The van der Waals surface area contributed by atoms with Gasteiger partial charge in [0.25, 0.3) is 0 Å². The van der Waals surface area contributed by atoms with Gasteiger partial charge in [-0.25, -0.2) is 4.98 Å². The first-order chi connectivity index (χ1) is 10.1. The highest BCUT2D eigenvalue weighted by molar-refractivity contribution is 6.30. The summed E-state index contributed by atoms with van der Waals surface area (Å²) < 4.78 is 7.19. The van der Waals surface area contributed by atoms with Gasteiger partial charge in [-0.3, -0.25) is 0 Å². The molecular weight excluding hydrogens is 296 g/mol. The second-order valence-corrected chi connectivity index (χ2v) is 4.65. The van der Waals surface area contributed by atoms with Gasteiger partial charge in [0.05, 0.1) is 10.7 Å². The minimum atomic E-state index is -0.585. The molecule has 0 N–H and O–H groups in total. The van der Waals surface area contributed by atoms with Crippen molar-refractivity contribution < 1.29 is 9.66 Å². The lowest BCUT2D eigenvalue weighted by Gasteiger charge is -2.03. The number of hydrogen-bond donors (Lipinski definition) is 0. The van der Waals surface area contributed by atoms with Gasteiger partial charge >= 0.3 is 5.82 Å². The number of aromatic nitrogens is 3. The van der Waals surface area contributed by atoms with Gasteiger partial charge in [0.1, 0.15) is 18.5 Å². The average Bonchev–Trinajstić information content (AvgIpc) is 2.87. The molecule has 0 aromatic carbocycles. The Balaban J connectivity index is 1.82. The van der Waals surface area contributed by atoms with E-state index in [1.165, 1.54) is 12.3 Å². The maximum atomic E-state index is 10.8. The second-order valence-electron chi connectivity index (χ2n) is 4.22. The average molecular weight is 305 g/mol. The van der Waals surface area contributed by atoms with E-state index in [-0.39, 0.29) is 18.2 Å². The molecule has 0 spiro atoms. The fourth-order valence-electron chi connectivity index (χ4n) is 1.87. The molecule has 3 heterocycles. The van der Waals surface area contributed by atoms with Crippen molar-refractivity contribution in [2.75, 3.05) is 0 Å². The largest absolute Gasteiger partial charge is 0.479 e. The summed E-state index contributed by atoms with van der Waals surface area (Å²) in [5, 5.41) is 11.4. The Kier molecular flexibility index (Phi) is 3.41. The number of halogens is 1. The van der Waals surface area contributed by atoms with Crippen molar-refractivity contribution in [1.29, 1.82) is 0 Å². The first-order valence-electron chi connectivity index (χ1n) is 5.99. The van der Waals surface area contributed by atoms with E-state index in [0.29, 0.717) is 10.7 Å². The Morgan fingerprint density at radius 2 is 2.19 bits per heavy atom. The van der Waals surface area contributed by atoms with Crippen LogP contribution in [0.4, 0.5) is 5.82 Å². The zero-order valence-electron chi connectivity index (χ0n) is 10.6. The van der Waals surface area contributed by atoms with Crippen LogP contribution in [0.2, 0.25) is 5.02 Å². The Labute approximate surface area is 123 Å². The lowest BCUT2D eigenvalue weighted by molar-refractivity contribution is -0.390. The molecule has 7 nitrogen and oxygen atoms in total. The van der Waals surface area contributed by atoms with Crippen LogP contribution >= 0.6 is 11.6 Å². The monoisotopic (exact) mass is 304 g/mol. The molecule has 0 aliphatic rings. The summed E-state index contributed by atoms with van der Waals surface area (Å²) in [5.41, 5.74) is 1.36. The van der Waals surface area contributed by atoms with Crippen molar-refractivity contribution in [3.63, 3.8) is 0 Å². The van der Waals surface area contributed by atoms with Crippen LogP contribution < -0.4 is 4.74 Å². The molecule has 3 aromatic heterocycles. The maximum absolute atomic E-state index is 10.8. The Morgan fingerprint density at radius 1 is 1.33 bits per heavy atom. The highest BCUT2D eigenvalue weighted by Gasteiger charge is 2.16. The summed E-state index contributed by atoms with van der Waals surface area (Å²) in [4.78, 5) is 18.3. The van der Waals surface area contributed by atoms with Crippen LogP contribution in [0.15, 0.2) is 42.9 Å². The van der Waals surface area contributed by atoms with Gasteiger partial charge in [0, 0.05) is 12.4 Å². The summed E-state index contributed by atoms with van der Waals surface area (Å²) in [6.07, 6.45) is 4.82. The van der Waals surface area contributed by atoms with Crippen LogP contribution in [0.3, 0.4) is 0 Å². The van der Waals surface area contributed by atoms with E-state index in [4.69, 9.17) is 16.3 Å². The van der Waals surface area contributed by atoms with E-state index >= 15 is 0 Å². The van der Waals surface area contributed by atoms with Gasteiger partial charge in [-0.05, 0) is 34.2 Å². The van der Waals surface area contributed by atoms with Crippen LogP contribution in [0.1, 0.15) is 5.69 Å². The molecular formula is C13H9ClN4O3. The van der Waals surface area contributed by atoms with E-state index in [1.807, 2.05) is 0 Å². The van der Waals surface area contributed by atoms with Crippen LogP contribution in [0.5, 0.6) is 5.75 Å². The Morgan fingerprint density at radius 3 is 3.00 bits per heavy atom. The van der Waals surface area contributed by atoms with E-state index in [0.717, 1.165) is 5.65 Å². The molecule has 0 amide bonds. The Bertz CT molecular complexity index is 818. The highest BCUT2D eigenvalue weighted by atomic mass is 35.5. The number of hydrogen-bond acceptors (Lipinski definition) is 5. The summed E-state index contributed by atoms with van der Waals surface area (Å²) in [6, 6.07) is 6.59. The normalized spacial score (nSPS) is 10.7. The number of fused-ring (bicyclic) bond motifs is 1. The molecule has 3 rings (SSSR count). The minimum Gasteiger partial charge on any atom is -0.479 e. The van der Waals surface area contributed by atoms with Crippen molar-refractivity contribution >= 4 is 23.1 Å². The van der Waals surface area contributed by atoms with Gasteiger partial charge in [0.15, 0.2) is 0 Å². The number of rotatable bonds is 4. The SMILES string of the molecule is O=[N+]([O-])c1ncccc1OCc1cn2cc(Cl)ccc2n1. The molecule has 0 aliphatic heterocycles. The number of nitro groups is 1. The quantitative estimate of drug-likeness (QED) is 0.546. The third-order valence-corrected chi connectivity index (χ3v) is 2.99. The van der Waals surface area contributed by atoms with Gasteiger partial charge in [-0.1, -0.05) is 11.6 Å². The fraction of sp³-hybridized carbons (Fsp3) is 0.0769. The predicted octanol–water partition coefficient (Wildman–Crippen LogP) is 2.87. The summed E-state index contributed by atoms with van der Waals surface area (Å²) >= 11 is 5.89. The molecule has 0 saturated heterocycles. The minimum absolute atomic E-state index is 0.103. The van der Waals surface area contributed by atoms with Crippen molar-refractivity contribution in [2.24, 2.45) is 0 Å². The Hall–Kier alpha value is -2.67. The molecule has 21 heavy (non-hydrogen) atoms. The van der Waals surface area contributed by atoms with Crippen molar-refractivity contribution in [3.8, 4) is 5.75 Å². The molecule has 0 unspecified atom stereocenters. The lowest BCUT2D eigenvalue weighted by Crippen LogP contribution is -2.00. The first kappa shape index (κ1) is 13.3. The highest BCUT2D eigenvalue weighted by Crippen LogP contribution is 2.24. The van der Waals surface area contributed by atoms with Gasteiger partial charge in [-0.2, -0.15) is 0 Å². The van der Waals surface area contributed by atoms with Crippen LogP contribution in [0, 0.1) is 10.1 Å². The lowest BCUT2D eigenvalue weighted by atomic mass is 10.4. The van der Waals surface area contributed by atoms with Crippen LogP contribution in [0.25, 0.3) is 5.65 Å². The summed E-state index contributed by atoms with van der Waals surface area (Å²) in [6.45, 7) is 0.103. The van der Waals surface area contributed by atoms with Gasteiger partial charge in [0.2, 0.25) is 5.75 Å². The number of nitrogens with zero attached hydrogens (tertiary/aromatic N) is 4. The number of ether oxygens (including phenoxy) is 1. The zero-order valence-corrected chi connectivity index (χ0v) is 11.4. The van der Waals surface area contributed by atoms with Crippen LogP contribution in [-0.2, 0) is 6.61 Å². The first-order valence-corrected chi connectivity index (χ1v) is 6.36. The second kappa shape index (κ2) is 5.37. The van der Waals surface area contributed by atoms with Crippen molar-refractivity contribution in [1.82, 2.24) is 14.4 Å². The molecule has 8 heteroatoms. The third-order valence-electron chi connectivity index (χ3n) is 2.76. The third kappa shape index (κ3) is 2.77. The molecule has 0 saturated carbocycles. The summed E-state index contributed by atoms with van der Waals surface area (Å²) in [7, 11) is 0. The van der Waals surface area contributed by atoms with Crippen molar-refractivity contribution in [2.45, 2.75) is 6.61 Å². The zero-order chi connectivity index (χ0) is 14.8. The fourth-order valence-corrected chi connectivity index (χ4v) is 2.04. The smallest absolute Gasteiger partial charge is 0.406 e. The van der Waals surface area contributed by atoms with Crippen molar-refractivity contribution in [3.05, 3.63) is 63.7 Å². The van der Waals surface area contributed by atoms with E-state index in [9.17, 15) is 10.1 Å². The summed E-state index contributed by atoms with van der Waals surface area (Å²) in [5.74, 6) is -0.207. The van der Waals surface area contributed by atoms with E-state index in [2.05, 4.69) is 9.97 Å². The molecule has 0 radical (unpaired) electrons. The van der Waals surface area contributed by atoms with Gasteiger partial charge in [-0.15, -0.1) is 0 Å². The standard InChI is InChI=1S/C13H9ClN4O3/c14-9-3-4-12-16-10(7-17(12)6-9)8-21-11-2-1-5-15-13(11)18(19)20/h1-7H,8H2. The maximum Gasteiger partial charge on any atom is 0.406 e. The number of pyridine rings is 2. The van der Waals surface area contributed by atoms with E-state index in [1.54, 1.807) is 35.0 Å². The molecule has 0 bridgehead atoms. The van der Waals surface area contributed by atoms with Crippen LogP contribution in [-0.4, -0.2) is 19.3 Å². The molecule has 0 aliphatic carbocycles. The molecule has 0 atom stereocenters. The topological polar surface area (TPSA) is 82.6 Å². The predicted molar refractivity (Wildman–Crippen MR) is 75.4 cm³/mol. The molecule has 3 aromatic rings. The molecule has 106 valence electrons. The number of imidazole rings is 1. The van der Waals surface area contributed by atoms with E-state index < -0.39 is 4.92 Å². The van der Waals surface area contributed by atoms with Gasteiger partial charge < -0.3 is 19.3 Å².